The number of ether oxygens (including phenoxy) is 1. The highest BCUT2D eigenvalue weighted by Crippen LogP contribution is 2.30. The second-order valence-electron chi connectivity index (χ2n) is 5.45. The quantitative estimate of drug-likeness (QED) is 0.900. The van der Waals surface area contributed by atoms with Crippen molar-refractivity contribution in [2.24, 2.45) is 5.92 Å². The van der Waals surface area contributed by atoms with Crippen molar-refractivity contribution in [3.05, 3.63) is 23.8 Å². The molecule has 0 radical (unpaired) electrons. The number of nitrogens with zero attached hydrogens (tertiary/aromatic N) is 1. The van der Waals surface area contributed by atoms with Crippen LogP contribution in [0.25, 0.3) is 0 Å². The molecule has 0 spiro atoms. The summed E-state index contributed by atoms with van der Waals surface area (Å²) < 4.78 is 32.2. The molecule has 1 aromatic carbocycles. The number of aryl methyl sites for hydroxylation is 1. The van der Waals surface area contributed by atoms with Crippen molar-refractivity contribution in [2.45, 2.75) is 24.7 Å². The lowest BCUT2D eigenvalue weighted by atomic mass is 9.97. The molecular weight excluding hydrogens is 304 g/mol. The first kappa shape index (κ1) is 16.8. The fraction of sp³-hybridized carbons (Fsp3) is 0.533. The van der Waals surface area contributed by atoms with Gasteiger partial charge in [-0.25, -0.2) is 8.42 Å². The maximum atomic E-state index is 12.8. The van der Waals surface area contributed by atoms with Gasteiger partial charge in [-0.2, -0.15) is 4.31 Å². The number of carbonyl (C=O) groups excluding carboxylic acids is 1. The molecule has 0 saturated carbocycles. The molecule has 1 N–H and O–H groups in total. The lowest BCUT2D eigenvalue weighted by molar-refractivity contribution is -0.125. The summed E-state index contributed by atoms with van der Waals surface area (Å²) in [6.45, 7) is 2.53. The number of rotatable bonds is 4. The topological polar surface area (TPSA) is 75.7 Å². The van der Waals surface area contributed by atoms with Crippen LogP contribution in [0.15, 0.2) is 23.1 Å². The zero-order valence-corrected chi connectivity index (χ0v) is 13.9. The van der Waals surface area contributed by atoms with E-state index in [0.717, 1.165) is 5.56 Å². The zero-order chi connectivity index (χ0) is 16.3. The molecule has 1 heterocycles. The number of benzene rings is 1. The van der Waals surface area contributed by atoms with Crippen molar-refractivity contribution in [1.29, 1.82) is 0 Å². The van der Waals surface area contributed by atoms with Crippen LogP contribution in [0.3, 0.4) is 0 Å². The fourth-order valence-electron chi connectivity index (χ4n) is 2.69. The maximum absolute atomic E-state index is 12.8. The normalized spacial score (nSPS) is 17.2. The summed E-state index contributed by atoms with van der Waals surface area (Å²) in [6.07, 6.45) is 1.07. The Balaban J connectivity index is 2.22. The molecule has 7 heteroatoms. The molecule has 1 aromatic rings. The average molecular weight is 326 g/mol. The summed E-state index contributed by atoms with van der Waals surface area (Å²) in [5.74, 6) is 0.208. The number of carbonyl (C=O) groups is 1. The monoisotopic (exact) mass is 326 g/mol. The van der Waals surface area contributed by atoms with Gasteiger partial charge in [0, 0.05) is 26.1 Å². The second kappa shape index (κ2) is 6.66. The van der Waals surface area contributed by atoms with Gasteiger partial charge in [0.1, 0.15) is 10.6 Å². The summed E-state index contributed by atoms with van der Waals surface area (Å²) in [5.41, 5.74) is 0.861. The van der Waals surface area contributed by atoms with Gasteiger partial charge < -0.3 is 10.1 Å². The Morgan fingerprint density at radius 2 is 1.95 bits per heavy atom. The van der Waals surface area contributed by atoms with E-state index in [2.05, 4.69) is 5.32 Å². The lowest BCUT2D eigenvalue weighted by Gasteiger charge is -2.30. The molecule has 22 heavy (non-hydrogen) atoms. The third-order valence-corrected chi connectivity index (χ3v) is 5.93. The smallest absolute Gasteiger partial charge is 0.246 e. The first-order valence-corrected chi connectivity index (χ1v) is 8.70. The Morgan fingerprint density at radius 3 is 2.50 bits per heavy atom. The Labute approximate surface area is 131 Å². The molecule has 6 nitrogen and oxygen atoms in total. The van der Waals surface area contributed by atoms with Crippen LogP contribution in [0.1, 0.15) is 18.4 Å². The predicted octanol–water partition coefficient (Wildman–Crippen LogP) is 1.15. The molecule has 0 aliphatic carbocycles. The minimum atomic E-state index is -3.61. The molecule has 0 aromatic heterocycles. The largest absolute Gasteiger partial charge is 0.495 e. The SMILES string of the molecule is CNC(=O)C1CCN(S(=O)(=O)c2cc(C)ccc2OC)CC1. The van der Waals surface area contributed by atoms with Gasteiger partial charge in [0.05, 0.1) is 7.11 Å². The number of nitrogens with one attached hydrogen (secondary N) is 1. The van der Waals surface area contributed by atoms with E-state index < -0.39 is 10.0 Å². The summed E-state index contributed by atoms with van der Waals surface area (Å²) in [5, 5.41) is 2.62. The Morgan fingerprint density at radius 1 is 1.32 bits per heavy atom. The zero-order valence-electron chi connectivity index (χ0n) is 13.1. The van der Waals surface area contributed by atoms with Gasteiger partial charge in [-0.15, -0.1) is 0 Å². The molecule has 1 amide bonds. The predicted molar refractivity (Wildman–Crippen MR) is 83.3 cm³/mol. The van der Waals surface area contributed by atoms with E-state index in [1.807, 2.05) is 13.0 Å². The highest BCUT2D eigenvalue weighted by molar-refractivity contribution is 7.89. The van der Waals surface area contributed by atoms with Crippen LogP contribution in [-0.2, 0) is 14.8 Å². The number of amides is 1. The first-order valence-electron chi connectivity index (χ1n) is 7.26. The molecular formula is C15H22N2O4S. The van der Waals surface area contributed by atoms with Gasteiger partial charge >= 0.3 is 0 Å². The fourth-order valence-corrected chi connectivity index (χ4v) is 4.40. The Hall–Kier alpha value is -1.60. The summed E-state index contributed by atoms with van der Waals surface area (Å²) >= 11 is 0. The highest BCUT2D eigenvalue weighted by atomic mass is 32.2. The number of piperidine rings is 1. The van der Waals surface area contributed by atoms with Crippen LogP contribution in [0, 0.1) is 12.8 Å². The maximum Gasteiger partial charge on any atom is 0.246 e. The third kappa shape index (κ3) is 3.25. The van der Waals surface area contributed by atoms with Gasteiger partial charge in [0.2, 0.25) is 15.9 Å². The molecule has 2 rings (SSSR count). The average Bonchev–Trinajstić information content (AvgIpc) is 2.54. The van der Waals surface area contributed by atoms with Gasteiger partial charge in [-0.05, 0) is 37.5 Å². The first-order chi connectivity index (χ1) is 10.4. The Kier molecular flexibility index (Phi) is 5.08. The standard InChI is InChI=1S/C15H22N2O4S/c1-11-4-5-13(21-3)14(10-11)22(19,20)17-8-6-12(7-9-17)15(18)16-2/h4-5,10,12H,6-9H2,1-3H3,(H,16,18). The van der Waals surface area contributed by atoms with Crippen LogP contribution in [0.2, 0.25) is 0 Å². The molecule has 0 bridgehead atoms. The van der Waals surface area contributed by atoms with E-state index in [1.165, 1.54) is 11.4 Å². The molecule has 1 fully saturated rings. The van der Waals surface area contributed by atoms with Crippen molar-refractivity contribution >= 4 is 15.9 Å². The van der Waals surface area contributed by atoms with E-state index in [4.69, 9.17) is 4.74 Å². The van der Waals surface area contributed by atoms with Crippen molar-refractivity contribution in [2.75, 3.05) is 27.2 Å². The van der Waals surface area contributed by atoms with E-state index in [-0.39, 0.29) is 16.7 Å². The van der Waals surface area contributed by atoms with Crippen molar-refractivity contribution in [1.82, 2.24) is 9.62 Å². The number of methoxy groups -OCH3 is 1. The van der Waals surface area contributed by atoms with Crippen LogP contribution in [0.4, 0.5) is 0 Å². The molecule has 1 aliphatic heterocycles. The summed E-state index contributed by atoms with van der Waals surface area (Å²) in [4.78, 5) is 11.8. The number of hydrogen-bond donors (Lipinski definition) is 1. The van der Waals surface area contributed by atoms with Gasteiger partial charge in [0.25, 0.3) is 0 Å². The molecule has 122 valence electrons. The van der Waals surface area contributed by atoms with Gasteiger partial charge in [0.15, 0.2) is 0 Å². The molecule has 1 aliphatic rings. The minimum absolute atomic E-state index is 0.0230. The van der Waals surface area contributed by atoms with Crippen molar-refractivity contribution in [3.8, 4) is 5.75 Å². The molecule has 0 atom stereocenters. The number of sulfonamides is 1. The van der Waals surface area contributed by atoms with E-state index in [9.17, 15) is 13.2 Å². The molecule has 1 saturated heterocycles. The van der Waals surface area contributed by atoms with E-state index >= 15 is 0 Å². The van der Waals surface area contributed by atoms with Crippen molar-refractivity contribution < 1.29 is 17.9 Å². The summed E-state index contributed by atoms with van der Waals surface area (Å²) in [7, 11) is -0.546. The van der Waals surface area contributed by atoms with Crippen LogP contribution in [-0.4, -0.2) is 45.9 Å². The van der Waals surface area contributed by atoms with Crippen LogP contribution >= 0.6 is 0 Å². The van der Waals surface area contributed by atoms with Crippen LogP contribution < -0.4 is 10.1 Å². The highest BCUT2D eigenvalue weighted by Gasteiger charge is 2.33. The van der Waals surface area contributed by atoms with E-state index in [0.29, 0.717) is 31.7 Å². The summed E-state index contributed by atoms with van der Waals surface area (Å²) in [6, 6.07) is 5.11. The van der Waals surface area contributed by atoms with Crippen LogP contribution in [0.5, 0.6) is 5.75 Å². The number of hydrogen-bond acceptors (Lipinski definition) is 4. The molecule has 0 unspecified atom stereocenters. The Bertz CT molecular complexity index is 650. The minimum Gasteiger partial charge on any atom is -0.495 e. The lowest BCUT2D eigenvalue weighted by Crippen LogP contribution is -2.42. The van der Waals surface area contributed by atoms with E-state index in [1.54, 1.807) is 19.2 Å². The van der Waals surface area contributed by atoms with Crippen molar-refractivity contribution in [3.63, 3.8) is 0 Å². The van der Waals surface area contributed by atoms with Gasteiger partial charge in [-0.1, -0.05) is 6.07 Å². The van der Waals surface area contributed by atoms with Gasteiger partial charge in [-0.3, -0.25) is 4.79 Å². The third-order valence-electron chi connectivity index (χ3n) is 4.01. The second-order valence-corrected chi connectivity index (χ2v) is 7.35.